The van der Waals surface area contributed by atoms with Crippen LogP contribution in [0.1, 0.15) is 60.1 Å². The molecule has 0 aliphatic heterocycles. The van der Waals surface area contributed by atoms with E-state index in [2.05, 4.69) is 15.6 Å². The average molecular weight is 445 g/mol. The van der Waals surface area contributed by atoms with Gasteiger partial charge < -0.3 is 21.1 Å². The van der Waals surface area contributed by atoms with Crippen LogP contribution < -0.4 is 16.4 Å². The Morgan fingerprint density at radius 1 is 1.03 bits per heavy atom. The second-order valence-electron chi connectivity index (χ2n) is 8.36. The maximum Gasteiger partial charge on any atom is 0.408 e. The van der Waals surface area contributed by atoms with Crippen molar-refractivity contribution in [2.24, 2.45) is 0 Å². The zero-order valence-electron chi connectivity index (χ0n) is 18.6. The van der Waals surface area contributed by atoms with E-state index in [9.17, 15) is 9.59 Å². The number of alkyl carbamates (subject to hydrolysis) is 1. The van der Waals surface area contributed by atoms with Gasteiger partial charge in [0.2, 0.25) is 0 Å². The summed E-state index contributed by atoms with van der Waals surface area (Å²) in [7, 11) is 0. The molecule has 2 aromatic carbocycles. The smallest absolute Gasteiger partial charge is 0.408 e. The minimum Gasteiger partial charge on any atom is -0.438 e. The molecule has 0 unspecified atom stereocenters. The first kappa shape index (κ1) is 22.3. The standard InChI is InChI=1S/C26H28N4O3/c1-18(29-25(32)33-26(14-4-5-15-26)21-7-6-16-28-17-21)19-10-12-20(13-11-19)24(31)30-23-9-3-2-8-22(23)27/h2-3,6-13,16-18H,4-5,14-15,27H2,1H3,(H,29,32)(H,30,31)/t18-/m0/s1. The van der Waals surface area contributed by atoms with E-state index in [0.29, 0.717) is 16.9 Å². The van der Waals surface area contributed by atoms with Gasteiger partial charge >= 0.3 is 6.09 Å². The van der Waals surface area contributed by atoms with Crippen LogP contribution in [0, 0.1) is 0 Å². The minimum atomic E-state index is -0.626. The number of pyridine rings is 1. The van der Waals surface area contributed by atoms with Gasteiger partial charge in [0.1, 0.15) is 5.60 Å². The molecule has 0 bridgehead atoms. The zero-order valence-corrected chi connectivity index (χ0v) is 18.6. The third-order valence-corrected chi connectivity index (χ3v) is 6.10. The number of hydrogen-bond acceptors (Lipinski definition) is 5. The molecule has 7 heteroatoms. The van der Waals surface area contributed by atoms with E-state index in [1.165, 1.54) is 0 Å². The number of nitrogens with two attached hydrogens (primary N) is 1. The predicted octanol–water partition coefficient (Wildman–Crippen LogP) is 5.17. The second-order valence-corrected chi connectivity index (χ2v) is 8.36. The molecule has 4 rings (SSSR count). The molecule has 1 aromatic heterocycles. The van der Waals surface area contributed by atoms with Crippen LogP contribution in [0.25, 0.3) is 0 Å². The molecule has 1 heterocycles. The molecule has 7 nitrogen and oxygen atoms in total. The number of hydrogen-bond donors (Lipinski definition) is 3. The second kappa shape index (κ2) is 9.73. The van der Waals surface area contributed by atoms with E-state index < -0.39 is 11.7 Å². The van der Waals surface area contributed by atoms with Crippen molar-refractivity contribution in [2.45, 2.75) is 44.2 Å². The lowest BCUT2D eigenvalue weighted by Gasteiger charge is -2.30. The summed E-state index contributed by atoms with van der Waals surface area (Å²) < 4.78 is 5.95. The fourth-order valence-electron chi connectivity index (χ4n) is 4.22. The molecule has 4 N–H and O–H groups in total. The molecule has 3 aromatic rings. The van der Waals surface area contributed by atoms with Gasteiger partial charge in [-0.25, -0.2) is 4.79 Å². The van der Waals surface area contributed by atoms with Gasteiger partial charge in [-0.2, -0.15) is 0 Å². The molecule has 2 amide bonds. The lowest BCUT2D eigenvalue weighted by molar-refractivity contribution is 0.0107. The monoisotopic (exact) mass is 444 g/mol. The Hall–Kier alpha value is -3.87. The van der Waals surface area contributed by atoms with Crippen molar-refractivity contribution in [3.8, 4) is 0 Å². The van der Waals surface area contributed by atoms with Crippen LogP contribution in [0.15, 0.2) is 73.1 Å². The molecular weight excluding hydrogens is 416 g/mol. The Bertz CT molecular complexity index is 1110. The number of anilines is 2. The summed E-state index contributed by atoms with van der Waals surface area (Å²) in [6.45, 7) is 1.88. The van der Waals surface area contributed by atoms with Gasteiger partial charge in [-0.3, -0.25) is 9.78 Å². The molecule has 1 fully saturated rings. The molecule has 0 saturated heterocycles. The van der Waals surface area contributed by atoms with Crippen LogP contribution in [0.2, 0.25) is 0 Å². The summed E-state index contributed by atoms with van der Waals surface area (Å²) in [5.41, 5.74) is 8.63. The molecule has 1 aliphatic rings. The largest absolute Gasteiger partial charge is 0.438 e. The van der Waals surface area contributed by atoms with Gasteiger partial charge in [-0.15, -0.1) is 0 Å². The molecule has 0 radical (unpaired) electrons. The zero-order chi connectivity index (χ0) is 23.3. The summed E-state index contributed by atoms with van der Waals surface area (Å²) in [6.07, 6.45) is 6.62. The Labute approximate surface area is 193 Å². The Balaban J connectivity index is 1.38. The van der Waals surface area contributed by atoms with Crippen LogP contribution >= 0.6 is 0 Å². The van der Waals surface area contributed by atoms with Crippen molar-refractivity contribution >= 4 is 23.4 Å². The number of nitrogens with one attached hydrogen (secondary N) is 2. The fraction of sp³-hybridized carbons (Fsp3) is 0.269. The van der Waals surface area contributed by atoms with Crippen molar-refractivity contribution in [3.63, 3.8) is 0 Å². The lowest BCUT2D eigenvalue weighted by atomic mass is 9.93. The normalized spacial score (nSPS) is 15.4. The van der Waals surface area contributed by atoms with Crippen molar-refractivity contribution in [1.82, 2.24) is 10.3 Å². The molecule has 170 valence electrons. The van der Waals surface area contributed by atoms with Gasteiger partial charge in [-0.05, 0) is 68.5 Å². The average Bonchev–Trinajstić information content (AvgIpc) is 3.30. The first-order valence-electron chi connectivity index (χ1n) is 11.1. The third-order valence-electron chi connectivity index (χ3n) is 6.10. The van der Waals surface area contributed by atoms with Crippen molar-refractivity contribution in [3.05, 3.63) is 89.7 Å². The number of carbonyl (C=O) groups is 2. The number of nitrogens with zero attached hydrogens (tertiary/aromatic N) is 1. The van der Waals surface area contributed by atoms with Gasteiger partial charge in [0.25, 0.3) is 5.91 Å². The van der Waals surface area contributed by atoms with E-state index in [0.717, 1.165) is 36.8 Å². The minimum absolute atomic E-state index is 0.251. The van der Waals surface area contributed by atoms with E-state index in [1.54, 1.807) is 36.7 Å². The Morgan fingerprint density at radius 2 is 1.76 bits per heavy atom. The van der Waals surface area contributed by atoms with Gasteiger partial charge in [0, 0.05) is 23.5 Å². The number of benzene rings is 2. The quantitative estimate of drug-likeness (QED) is 0.455. The number of rotatable bonds is 6. The number of ether oxygens (including phenoxy) is 1. The first-order valence-corrected chi connectivity index (χ1v) is 11.1. The van der Waals surface area contributed by atoms with E-state index in [1.807, 2.05) is 43.3 Å². The van der Waals surface area contributed by atoms with Crippen molar-refractivity contribution < 1.29 is 14.3 Å². The molecule has 0 spiro atoms. The van der Waals surface area contributed by atoms with Crippen LogP contribution in [0.5, 0.6) is 0 Å². The first-order chi connectivity index (χ1) is 16.0. The maximum absolute atomic E-state index is 12.7. The van der Waals surface area contributed by atoms with Crippen LogP contribution in [0.4, 0.5) is 16.2 Å². The highest BCUT2D eigenvalue weighted by Crippen LogP contribution is 2.42. The maximum atomic E-state index is 12.7. The number of aromatic nitrogens is 1. The number of para-hydroxylation sites is 2. The SMILES string of the molecule is C[C@H](NC(=O)OC1(c2cccnc2)CCCC1)c1ccc(C(=O)Nc2ccccc2N)cc1. The third kappa shape index (κ3) is 5.14. The molecule has 1 atom stereocenters. The van der Waals surface area contributed by atoms with Gasteiger partial charge in [-0.1, -0.05) is 30.3 Å². The summed E-state index contributed by atoms with van der Waals surface area (Å²) >= 11 is 0. The Morgan fingerprint density at radius 3 is 2.42 bits per heavy atom. The molecule has 1 saturated carbocycles. The highest BCUT2D eigenvalue weighted by Gasteiger charge is 2.40. The summed E-state index contributed by atoms with van der Waals surface area (Å²) in [6, 6.07) is 17.7. The van der Waals surface area contributed by atoms with Gasteiger partial charge in [0.15, 0.2) is 0 Å². The van der Waals surface area contributed by atoms with Crippen LogP contribution in [-0.4, -0.2) is 17.0 Å². The van der Waals surface area contributed by atoms with E-state index in [4.69, 9.17) is 10.5 Å². The van der Waals surface area contributed by atoms with Crippen LogP contribution in [-0.2, 0) is 10.3 Å². The van der Waals surface area contributed by atoms with Gasteiger partial charge in [0.05, 0.1) is 17.4 Å². The predicted molar refractivity (Wildman–Crippen MR) is 128 cm³/mol. The molecule has 33 heavy (non-hydrogen) atoms. The van der Waals surface area contributed by atoms with E-state index in [-0.39, 0.29) is 11.9 Å². The summed E-state index contributed by atoms with van der Waals surface area (Å²) in [4.78, 5) is 29.5. The van der Waals surface area contributed by atoms with Crippen LogP contribution in [0.3, 0.4) is 0 Å². The van der Waals surface area contributed by atoms with E-state index >= 15 is 0 Å². The Kier molecular flexibility index (Phi) is 6.58. The number of amides is 2. The molecule has 1 aliphatic carbocycles. The highest BCUT2D eigenvalue weighted by molar-refractivity contribution is 6.05. The highest BCUT2D eigenvalue weighted by atomic mass is 16.6. The number of nitrogen functional groups attached to an aromatic ring is 1. The summed E-state index contributed by atoms with van der Waals surface area (Å²) in [5, 5.41) is 5.72. The molecular formula is C26H28N4O3. The van der Waals surface area contributed by atoms with Crippen molar-refractivity contribution in [2.75, 3.05) is 11.1 Å². The fourth-order valence-corrected chi connectivity index (χ4v) is 4.22. The topological polar surface area (TPSA) is 106 Å². The lowest BCUT2D eigenvalue weighted by Crippen LogP contribution is -2.36. The van der Waals surface area contributed by atoms with Crippen molar-refractivity contribution in [1.29, 1.82) is 0 Å². The summed E-state index contributed by atoms with van der Waals surface area (Å²) in [5.74, 6) is -0.251. The number of carbonyl (C=O) groups excluding carboxylic acids is 2.